The molecule has 0 heterocycles. The first-order chi connectivity index (χ1) is 1.91. The molecule has 1 nitrogen and oxygen atoms in total. The Morgan fingerprint density at radius 2 is 1.80 bits per heavy atom. The van der Waals surface area contributed by atoms with E-state index in [2.05, 4.69) is 12.2 Å². The van der Waals surface area contributed by atoms with E-state index >= 15 is 0 Å². The highest BCUT2D eigenvalue weighted by Crippen LogP contribution is 1.34. The van der Waals surface area contributed by atoms with Gasteiger partial charge in [-0.05, 0) is 13.6 Å². The summed E-state index contributed by atoms with van der Waals surface area (Å²) >= 11 is 0. The van der Waals surface area contributed by atoms with Crippen LogP contribution < -0.4 is 5.32 Å². The molecule has 0 aromatic carbocycles. The van der Waals surface area contributed by atoms with E-state index in [1.54, 1.807) is 0 Å². The highest BCUT2D eigenvalue weighted by atomic mass is 79.9. The van der Waals surface area contributed by atoms with Crippen molar-refractivity contribution in [2.24, 2.45) is 0 Å². The third kappa shape index (κ3) is 12.7. The summed E-state index contributed by atoms with van der Waals surface area (Å²) in [6, 6.07) is 0. The Bertz CT molecular complexity index is 8.85. The Balaban J connectivity index is 0. The van der Waals surface area contributed by atoms with Gasteiger partial charge in [0.15, 0.2) is 0 Å². The van der Waals surface area contributed by atoms with Crippen molar-refractivity contribution in [1.82, 2.24) is 5.32 Å². The third-order valence-corrected chi connectivity index (χ3v) is 0.354. The average Bonchev–Trinajstić information content (AvgIpc) is 1.37. The van der Waals surface area contributed by atoms with Crippen molar-refractivity contribution < 1.29 is 0 Å². The maximum absolute atomic E-state index is 2.93. The van der Waals surface area contributed by atoms with Crippen molar-refractivity contribution in [3.05, 3.63) is 0 Å². The van der Waals surface area contributed by atoms with Gasteiger partial charge in [-0.2, -0.15) is 0 Å². The van der Waals surface area contributed by atoms with E-state index in [4.69, 9.17) is 0 Å². The molecule has 0 amide bonds. The number of halogens is 1. The Hall–Kier alpha value is 0.440. The maximum Gasteiger partial charge on any atom is -0.00804 e. The van der Waals surface area contributed by atoms with Gasteiger partial charge in [0.1, 0.15) is 0 Å². The molecule has 0 aliphatic carbocycles. The zero-order chi connectivity index (χ0) is 3.41. The highest BCUT2D eigenvalue weighted by molar-refractivity contribution is 8.93. The monoisotopic (exact) mass is 139 g/mol. The average molecular weight is 140 g/mol. The molecule has 0 saturated heterocycles. The Morgan fingerprint density at radius 3 is 1.80 bits per heavy atom. The molecule has 34 valence electrons. The van der Waals surface area contributed by atoms with E-state index < -0.39 is 0 Å². The van der Waals surface area contributed by atoms with Crippen molar-refractivity contribution in [2.75, 3.05) is 13.6 Å². The van der Waals surface area contributed by atoms with Crippen molar-refractivity contribution in [3.63, 3.8) is 0 Å². The summed E-state index contributed by atoms with van der Waals surface area (Å²) in [5.41, 5.74) is 0. The molecule has 0 unspecified atom stereocenters. The van der Waals surface area contributed by atoms with Crippen LogP contribution in [-0.2, 0) is 0 Å². The van der Waals surface area contributed by atoms with E-state index in [1.165, 1.54) is 0 Å². The van der Waals surface area contributed by atoms with Gasteiger partial charge in [-0.25, -0.2) is 0 Å². The lowest BCUT2D eigenvalue weighted by Gasteiger charge is -1.76. The minimum atomic E-state index is 0. The zero-order valence-electron chi connectivity index (χ0n) is 3.62. The molecule has 0 radical (unpaired) electrons. The fourth-order valence-electron chi connectivity index (χ4n) is 0. The number of hydrogen-bond donors (Lipinski definition) is 1. The summed E-state index contributed by atoms with van der Waals surface area (Å²) in [4.78, 5) is 0. The van der Waals surface area contributed by atoms with Gasteiger partial charge in [0.05, 0.1) is 0 Å². The van der Waals surface area contributed by atoms with Gasteiger partial charge >= 0.3 is 0 Å². The third-order valence-electron chi connectivity index (χ3n) is 0.354. The van der Waals surface area contributed by atoms with Crippen LogP contribution in [0.5, 0.6) is 0 Å². The van der Waals surface area contributed by atoms with Gasteiger partial charge in [-0.3, -0.25) is 0 Å². The second-order valence-electron chi connectivity index (χ2n) is 0.707. The summed E-state index contributed by atoms with van der Waals surface area (Å²) in [6.07, 6.45) is 0. The highest BCUT2D eigenvalue weighted by Gasteiger charge is 1.50. The second-order valence-corrected chi connectivity index (χ2v) is 0.707. The van der Waals surface area contributed by atoms with Crippen LogP contribution in [0.2, 0.25) is 0 Å². The molecular formula is C3H10BrN. The minimum Gasteiger partial charge on any atom is -0.320 e. The maximum atomic E-state index is 2.93. The molecule has 2 heteroatoms. The molecule has 0 fully saturated rings. The molecule has 0 saturated carbocycles. The SMILES string of the molecule is Br.CCNC. The van der Waals surface area contributed by atoms with E-state index in [1.807, 2.05) is 7.05 Å². The first-order valence-corrected chi connectivity index (χ1v) is 1.56. The fourth-order valence-corrected chi connectivity index (χ4v) is 0. The Morgan fingerprint density at radius 1 is 1.60 bits per heavy atom. The molecule has 0 rings (SSSR count). The van der Waals surface area contributed by atoms with Gasteiger partial charge in [0.25, 0.3) is 0 Å². The predicted octanol–water partition coefficient (Wildman–Crippen LogP) is 0.804. The quantitative estimate of drug-likeness (QED) is 0.568. The van der Waals surface area contributed by atoms with Crippen molar-refractivity contribution in [1.29, 1.82) is 0 Å². The van der Waals surface area contributed by atoms with Crippen molar-refractivity contribution in [2.45, 2.75) is 6.92 Å². The smallest absolute Gasteiger partial charge is 0.00804 e. The lowest BCUT2D eigenvalue weighted by molar-refractivity contribution is 0.864. The molecule has 0 aliphatic heterocycles. The number of rotatable bonds is 1. The molecule has 0 bridgehead atoms. The van der Waals surface area contributed by atoms with Gasteiger partial charge in [-0.15, -0.1) is 17.0 Å². The van der Waals surface area contributed by atoms with Crippen LogP contribution in [0.4, 0.5) is 0 Å². The molecule has 5 heavy (non-hydrogen) atoms. The van der Waals surface area contributed by atoms with Crippen LogP contribution in [0.25, 0.3) is 0 Å². The zero-order valence-corrected chi connectivity index (χ0v) is 5.33. The van der Waals surface area contributed by atoms with Crippen LogP contribution in [0.1, 0.15) is 6.92 Å². The van der Waals surface area contributed by atoms with Crippen molar-refractivity contribution >= 4 is 17.0 Å². The van der Waals surface area contributed by atoms with Gasteiger partial charge < -0.3 is 5.32 Å². The molecule has 1 N–H and O–H groups in total. The largest absolute Gasteiger partial charge is 0.320 e. The topological polar surface area (TPSA) is 12.0 Å². The molecule has 0 spiro atoms. The second kappa shape index (κ2) is 8.83. The van der Waals surface area contributed by atoms with Crippen molar-refractivity contribution in [3.8, 4) is 0 Å². The first kappa shape index (κ1) is 9.06. The fraction of sp³-hybridized carbons (Fsp3) is 1.00. The van der Waals surface area contributed by atoms with E-state index in [-0.39, 0.29) is 17.0 Å². The molecule has 0 aliphatic rings. The first-order valence-electron chi connectivity index (χ1n) is 1.56. The molecule has 0 aromatic rings. The summed E-state index contributed by atoms with van der Waals surface area (Å²) in [5, 5.41) is 2.93. The normalized spacial score (nSPS) is 6.00. The number of nitrogens with one attached hydrogen (secondary N) is 1. The molecule has 0 atom stereocenters. The Kier molecular flexibility index (Phi) is 16.0. The summed E-state index contributed by atoms with van der Waals surface area (Å²) < 4.78 is 0. The summed E-state index contributed by atoms with van der Waals surface area (Å²) in [7, 11) is 1.93. The van der Waals surface area contributed by atoms with E-state index in [9.17, 15) is 0 Å². The minimum absolute atomic E-state index is 0. The van der Waals surface area contributed by atoms with Gasteiger partial charge in [0.2, 0.25) is 0 Å². The van der Waals surface area contributed by atoms with Crippen LogP contribution in [-0.4, -0.2) is 13.6 Å². The van der Waals surface area contributed by atoms with Crippen LogP contribution in [0.15, 0.2) is 0 Å². The van der Waals surface area contributed by atoms with Gasteiger partial charge in [0, 0.05) is 0 Å². The number of hydrogen-bond acceptors (Lipinski definition) is 1. The standard InChI is InChI=1S/C3H9N.BrH/c1-3-4-2;/h4H,3H2,1-2H3;1H. The van der Waals surface area contributed by atoms with Gasteiger partial charge in [-0.1, -0.05) is 6.92 Å². The van der Waals surface area contributed by atoms with E-state index in [0.29, 0.717) is 0 Å². The van der Waals surface area contributed by atoms with E-state index in [0.717, 1.165) is 6.54 Å². The lowest BCUT2D eigenvalue weighted by Crippen LogP contribution is -2.01. The lowest BCUT2D eigenvalue weighted by atomic mass is 10.8. The summed E-state index contributed by atoms with van der Waals surface area (Å²) in [6.45, 7) is 3.14. The Labute approximate surface area is 43.5 Å². The van der Waals surface area contributed by atoms with Crippen LogP contribution >= 0.6 is 17.0 Å². The van der Waals surface area contributed by atoms with Crippen LogP contribution in [0, 0.1) is 0 Å². The predicted molar refractivity (Wildman–Crippen MR) is 29.9 cm³/mol. The molecular weight excluding hydrogens is 130 g/mol. The summed E-state index contributed by atoms with van der Waals surface area (Å²) in [5.74, 6) is 0. The molecule has 0 aromatic heterocycles. The van der Waals surface area contributed by atoms with Crippen LogP contribution in [0.3, 0.4) is 0 Å².